The van der Waals surface area contributed by atoms with Gasteiger partial charge in [0.2, 0.25) is 0 Å². The van der Waals surface area contributed by atoms with Gasteiger partial charge in [0.05, 0.1) is 11.3 Å². The molecule has 6 heteroatoms. The number of nitrogens with zero attached hydrogens (tertiary/aromatic N) is 1. The Morgan fingerprint density at radius 1 is 1.31 bits per heavy atom. The summed E-state index contributed by atoms with van der Waals surface area (Å²) in [6.07, 6.45) is -3.06. The van der Waals surface area contributed by atoms with Gasteiger partial charge in [0.1, 0.15) is 5.70 Å². The van der Waals surface area contributed by atoms with Crippen LogP contribution in [0.15, 0.2) is 23.9 Å². The molecule has 0 spiro atoms. The zero-order valence-corrected chi connectivity index (χ0v) is 7.88. The van der Waals surface area contributed by atoms with E-state index in [9.17, 15) is 18.0 Å². The normalized spacial score (nSPS) is 14.1. The molecule has 0 aliphatic carbocycles. The molecule has 0 aromatic heterocycles. The molecule has 1 radical (unpaired) electrons. The fourth-order valence-corrected chi connectivity index (χ4v) is 1.37. The maximum atomic E-state index is 12.4. The van der Waals surface area contributed by atoms with Crippen LogP contribution in [-0.4, -0.2) is 5.91 Å². The number of carbonyl (C=O) groups is 1. The summed E-state index contributed by atoms with van der Waals surface area (Å²) >= 11 is 0. The molecule has 83 valence electrons. The van der Waals surface area contributed by atoms with Crippen LogP contribution < -0.4 is 11.1 Å². The van der Waals surface area contributed by atoms with E-state index in [-0.39, 0.29) is 11.4 Å². The Morgan fingerprint density at radius 3 is 2.56 bits per heavy atom. The number of hydrogen-bond acceptors (Lipinski definition) is 1. The van der Waals surface area contributed by atoms with Crippen LogP contribution >= 0.6 is 0 Å². The molecule has 3 nitrogen and oxygen atoms in total. The first kappa shape index (κ1) is 10.5. The summed E-state index contributed by atoms with van der Waals surface area (Å²) in [7, 11) is 0. The van der Waals surface area contributed by atoms with Gasteiger partial charge in [0.15, 0.2) is 0 Å². The number of primary amides is 1. The molecular formula is C10H6F3N2O. The van der Waals surface area contributed by atoms with Crippen molar-refractivity contribution in [2.75, 3.05) is 0 Å². The second-order valence-corrected chi connectivity index (χ2v) is 3.28. The number of halogens is 3. The quantitative estimate of drug-likeness (QED) is 0.781. The summed E-state index contributed by atoms with van der Waals surface area (Å²) in [4.78, 5) is 10.8. The van der Waals surface area contributed by atoms with Crippen molar-refractivity contribution in [2.24, 2.45) is 5.73 Å². The lowest BCUT2D eigenvalue weighted by atomic mass is 10.1. The van der Waals surface area contributed by atoms with E-state index in [1.807, 2.05) is 0 Å². The van der Waals surface area contributed by atoms with Crippen LogP contribution in [0.2, 0.25) is 0 Å². The maximum Gasteiger partial charge on any atom is 0.416 e. The third kappa shape index (κ3) is 1.73. The molecule has 16 heavy (non-hydrogen) atoms. The van der Waals surface area contributed by atoms with Crippen LogP contribution in [0.5, 0.6) is 0 Å². The third-order valence-electron chi connectivity index (χ3n) is 2.14. The molecule has 1 aromatic carbocycles. The Bertz CT molecular complexity index is 491. The molecule has 2 rings (SSSR count). The second-order valence-electron chi connectivity index (χ2n) is 3.28. The van der Waals surface area contributed by atoms with E-state index in [1.165, 1.54) is 12.1 Å². The van der Waals surface area contributed by atoms with Gasteiger partial charge in [-0.15, -0.1) is 0 Å². The minimum atomic E-state index is -4.42. The summed E-state index contributed by atoms with van der Waals surface area (Å²) in [6.45, 7) is 0. The summed E-state index contributed by atoms with van der Waals surface area (Å²) in [5.74, 6) is -0.759. The molecule has 1 aromatic rings. The van der Waals surface area contributed by atoms with Gasteiger partial charge in [-0.2, -0.15) is 13.2 Å². The molecule has 0 saturated carbocycles. The summed E-state index contributed by atoms with van der Waals surface area (Å²) < 4.78 is 37.1. The van der Waals surface area contributed by atoms with Gasteiger partial charge in [0, 0.05) is 5.56 Å². The van der Waals surface area contributed by atoms with Gasteiger partial charge >= 0.3 is 6.18 Å². The highest BCUT2D eigenvalue weighted by Gasteiger charge is 2.32. The number of rotatable bonds is 1. The molecule has 0 bridgehead atoms. The zero-order chi connectivity index (χ0) is 11.9. The Labute approximate surface area is 88.7 Å². The van der Waals surface area contributed by atoms with Crippen molar-refractivity contribution in [3.8, 4) is 0 Å². The number of nitrogens with two attached hydrogens (primary N) is 1. The molecule has 1 aliphatic rings. The predicted octanol–water partition coefficient (Wildman–Crippen LogP) is 1.78. The average Bonchev–Trinajstić information content (AvgIpc) is 2.58. The van der Waals surface area contributed by atoms with E-state index in [1.54, 1.807) is 0 Å². The van der Waals surface area contributed by atoms with Crippen LogP contribution in [0, 0.1) is 0 Å². The Kier molecular flexibility index (Phi) is 2.15. The number of hydrogen-bond donors (Lipinski definition) is 1. The van der Waals surface area contributed by atoms with Gasteiger partial charge in [-0.05, 0) is 18.2 Å². The third-order valence-corrected chi connectivity index (χ3v) is 2.14. The van der Waals surface area contributed by atoms with Crippen molar-refractivity contribution in [1.29, 1.82) is 0 Å². The first-order chi connectivity index (χ1) is 7.38. The highest BCUT2D eigenvalue weighted by molar-refractivity contribution is 6.00. The first-order valence-electron chi connectivity index (χ1n) is 4.32. The molecule has 0 unspecified atom stereocenters. The largest absolute Gasteiger partial charge is 0.416 e. The standard InChI is InChI=1S/C10H6F3N2O/c11-10(12,13)6-2-1-5-3-8(9(14)16)15-7(5)4-6/h1-4H,(H2,14,16). The van der Waals surface area contributed by atoms with Crippen molar-refractivity contribution in [1.82, 2.24) is 5.32 Å². The highest BCUT2D eigenvalue weighted by Crippen LogP contribution is 2.35. The fraction of sp³-hybridized carbons (Fsp3) is 0.100. The van der Waals surface area contributed by atoms with Crippen LogP contribution in [-0.2, 0) is 11.0 Å². The van der Waals surface area contributed by atoms with Crippen molar-refractivity contribution in [2.45, 2.75) is 6.18 Å². The molecular weight excluding hydrogens is 221 g/mol. The lowest BCUT2D eigenvalue weighted by molar-refractivity contribution is -0.137. The minimum Gasteiger partial charge on any atom is -0.364 e. The SMILES string of the molecule is NC(=O)C1=Cc2ccc(C(F)(F)F)cc2[N]1. The van der Waals surface area contributed by atoms with Gasteiger partial charge in [0.25, 0.3) is 5.91 Å². The van der Waals surface area contributed by atoms with Crippen LogP contribution in [0.4, 0.5) is 18.9 Å². The molecule has 0 atom stereocenters. The van der Waals surface area contributed by atoms with Crippen molar-refractivity contribution in [3.63, 3.8) is 0 Å². The highest BCUT2D eigenvalue weighted by atomic mass is 19.4. The molecule has 1 aliphatic heterocycles. The van der Waals surface area contributed by atoms with E-state index >= 15 is 0 Å². The van der Waals surface area contributed by atoms with E-state index in [2.05, 4.69) is 5.32 Å². The smallest absolute Gasteiger partial charge is 0.364 e. The Balaban J connectivity index is 2.37. The Hall–Kier alpha value is -1.98. The van der Waals surface area contributed by atoms with E-state index in [0.717, 1.165) is 12.1 Å². The predicted molar refractivity (Wildman–Crippen MR) is 50.4 cm³/mol. The summed E-state index contributed by atoms with van der Waals surface area (Å²) in [5.41, 5.74) is 4.72. The molecule has 1 amide bonds. The van der Waals surface area contributed by atoms with Gasteiger partial charge in [-0.1, -0.05) is 6.07 Å². The van der Waals surface area contributed by atoms with E-state index < -0.39 is 17.6 Å². The van der Waals surface area contributed by atoms with Gasteiger partial charge < -0.3 is 5.73 Å². The monoisotopic (exact) mass is 227 g/mol. The number of alkyl halides is 3. The van der Waals surface area contributed by atoms with E-state index in [0.29, 0.717) is 5.56 Å². The summed E-state index contributed by atoms with van der Waals surface area (Å²) in [5, 5.41) is 3.71. The first-order valence-corrected chi connectivity index (χ1v) is 4.32. The molecule has 1 heterocycles. The van der Waals surface area contributed by atoms with Crippen molar-refractivity contribution in [3.05, 3.63) is 35.0 Å². The van der Waals surface area contributed by atoms with Gasteiger partial charge in [-0.25, -0.2) is 5.32 Å². The topological polar surface area (TPSA) is 57.2 Å². The van der Waals surface area contributed by atoms with Crippen LogP contribution in [0.3, 0.4) is 0 Å². The van der Waals surface area contributed by atoms with Crippen molar-refractivity contribution < 1.29 is 18.0 Å². The number of benzene rings is 1. The fourth-order valence-electron chi connectivity index (χ4n) is 1.37. The van der Waals surface area contributed by atoms with Crippen LogP contribution in [0.25, 0.3) is 6.08 Å². The minimum absolute atomic E-state index is 0.0330. The lowest BCUT2D eigenvalue weighted by Crippen LogP contribution is -2.17. The van der Waals surface area contributed by atoms with Crippen LogP contribution in [0.1, 0.15) is 11.1 Å². The number of amides is 1. The second kappa shape index (κ2) is 3.26. The summed E-state index contributed by atoms with van der Waals surface area (Å²) in [6, 6.07) is 3.09. The Morgan fingerprint density at radius 2 is 2.00 bits per heavy atom. The average molecular weight is 227 g/mol. The zero-order valence-electron chi connectivity index (χ0n) is 7.88. The molecule has 0 fully saturated rings. The molecule has 2 N–H and O–H groups in total. The molecule has 0 saturated heterocycles. The van der Waals surface area contributed by atoms with Crippen molar-refractivity contribution >= 4 is 17.7 Å². The van der Waals surface area contributed by atoms with Gasteiger partial charge in [-0.3, -0.25) is 4.79 Å². The van der Waals surface area contributed by atoms with E-state index in [4.69, 9.17) is 5.73 Å². The maximum absolute atomic E-state index is 12.4. The lowest BCUT2D eigenvalue weighted by Gasteiger charge is -2.07. The number of fused-ring (bicyclic) bond motifs is 1. The number of carbonyl (C=O) groups excluding carboxylic acids is 1.